The zero-order valence-electron chi connectivity index (χ0n) is 12.8. The van der Waals surface area contributed by atoms with Gasteiger partial charge in [-0.2, -0.15) is 0 Å². The van der Waals surface area contributed by atoms with E-state index in [2.05, 4.69) is 0 Å². The lowest BCUT2D eigenvalue weighted by Gasteiger charge is -2.10. The van der Waals surface area contributed by atoms with Gasteiger partial charge in [0.05, 0.1) is 6.61 Å². The summed E-state index contributed by atoms with van der Waals surface area (Å²) >= 11 is 0. The normalized spacial score (nSPS) is 10.9. The predicted octanol–water partition coefficient (Wildman–Crippen LogP) is 1.65. The van der Waals surface area contributed by atoms with E-state index in [0.717, 1.165) is 12.1 Å². The van der Waals surface area contributed by atoms with Crippen LogP contribution in [0.1, 0.15) is 0 Å². The Balaban J connectivity index is 2.17. The van der Waals surface area contributed by atoms with Crippen LogP contribution < -0.4 is 10.2 Å². The van der Waals surface area contributed by atoms with E-state index < -0.39 is 16.9 Å². The third-order valence-electron chi connectivity index (χ3n) is 3.51. The van der Waals surface area contributed by atoms with Crippen molar-refractivity contribution in [2.45, 2.75) is 0 Å². The first-order chi connectivity index (χ1) is 11.9. The smallest absolute Gasteiger partial charge is 0.238 e. The quantitative estimate of drug-likeness (QED) is 0.480. The van der Waals surface area contributed by atoms with Crippen molar-refractivity contribution in [3.05, 3.63) is 40.6 Å². The fourth-order valence-corrected chi connectivity index (χ4v) is 2.41. The Labute approximate surface area is 140 Å². The Kier molecular flexibility index (Phi) is 4.12. The maximum Gasteiger partial charge on any atom is 0.238 e. The van der Waals surface area contributed by atoms with Crippen LogP contribution in [-0.2, 0) is 0 Å². The second-order valence-corrected chi connectivity index (χ2v) is 5.20. The predicted molar refractivity (Wildman–Crippen MR) is 87.2 cm³/mol. The van der Waals surface area contributed by atoms with E-state index in [0.29, 0.717) is 0 Å². The topological polar surface area (TPSA) is 141 Å². The maximum atomic E-state index is 12.3. The second kappa shape index (κ2) is 6.25. The number of benzene rings is 2. The molecule has 0 bridgehead atoms. The number of aromatic hydroxyl groups is 4. The van der Waals surface area contributed by atoms with Crippen LogP contribution in [0.25, 0.3) is 22.3 Å². The summed E-state index contributed by atoms with van der Waals surface area (Å²) in [7, 11) is 0. The van der Waals surface area contributed by atoms with Crippen molar-refractivity contribution >= 4 is 11.0 Å². The average Bonchev–Trinajstić information content (AvgIpc) is 2.56. The summed E-state index contributed by atoms with van der Waals surface area (Å²) in [6.07, 6.45) is 0. The molecule has 0 saturated carbocycles. The number of hydrogen-bond acceptors (Lipinski definition) is 8. The van der Waals surface area contributed by atoms with Gasteiger partial charge in [0.15, 0.2) is 17.3 Å². The van der Waals surface area contributed by atoms with Gasteiger partial charge in [0.25, 0.3) is 0 Å². The van der Waals surface area contributed by atoms with E-state index >= 15 is 0 Å². The van der Waals surface area contributed by atoms with Crippen molar-refractivity contribution in [1.29, 1.82) is 0 Å². The molecular formula is C17H14O8. The Bertz CT molecular complexity index is 1010. The van der Waals surface area contributed by atoms with E-state index in [1.807, 2.05) is 0 Å². The first kappa shape index (κ1) is 16.5. The zero-order chi connectivity index (χ0) is 18.1. The van der Waals surface area contributed by atoms with Gasteiger partial charge >= 0.3 is 0 Å². The van der Waals surface area contributed by atoms with Crippen LogP contribution in [0.2, 0.25) is 0 Å². The van der Waals surface area contributed by atoms with Gasteiger partial charge in [0, 0.05) is 17.7 Å². The Morgan fingerprint density at radius 2 is 1.76 bits per heavy atom. The number of fused-ring (bicyclic) bond motifs is 1. The first-order valence-corrected chi connectivity index (χ1v) is 7.21. The van der Waals surface area contributed by atoms with E-state index in [4.69, 9.17) is 14.3 Å². The molecular weight excluding hydrogens is 332 g/mol. The molecule has 0 aliphatic carbocycles. The highest BCUT2D eigenvalue weighted by atomic mass is 16.5. The number of phenols is 3. The van der Waals surface area contributed by atoms with Crippen molar-refractivity contribution in [1.82, 2.24) is 0 Å². The standard InChI is InChI=1S/C17H14O8/c18-3-4-24-12-2-1-8(5-10(12)20)17-16(23)15(22)14-11(21)6-9(19)7-13(14)25-17/h1-2,5-7,18-21,23H,3-4H2. The van der Waals surface area contributed by atoms with Crippen LogP contribution in [0.5, 0.6) is 28.7 Å². The van der Waals surface area contributed by atoms with Gasteiger partial charge in [-0.15, -0.1) is 0 Å². The summed E-state index contributed by atoms with van der Waals surface area (Å²) in [6, 6.07) is 6.09. The van der Waals surface area contributed by atoms with Crippen LogP contribution in [0, 0.1) is 0 Å². The van der Waals surface area contributed by atoms with Gasteiger partial charge in [-0.3, -0.25) is 4.79 Å². The molecule has 0 aliphatic rings. The van der Waals surface area contributed by atoms with E-state index in [1.54, 1.807) is 0 Å². The second-order valence-electron chi connectivity index (χ2n) is 5.20. The van der Waals surface area contributed by atoms with Crippen molar-refractivity contribution in [3.8, 4) is 40.1 Å². The van der Waals surface area contributed by atoms with E-state index in [-0.39, 0.29) is 52.8 Å². The highest BCUT2D eigenvalue weighted by molar-refractivity contribution is 5.88. The molecule has 0 saturated heterocycles. The molecule has 3 aromatic rings. The molecule has 0 spiro atoms. The third-order valence-corrected chi connectivity index (χ3v) is 3.51. The molecule has 3 rings (SSSR count). The molecule has 0 aliphatic heterocycles. The van der Waals surface area contributed by atoms with Gasteiger partial charge in [0.2, 0.25) is 11.2 Å². The van der Waals surface area contributed by atoms with Gasteiger partial charge < -0.3 is 34.7 Å². The van der Waals surface area contributed by atoms with Gasteiger partial charge in [0.1, 0.15) is 29.1 Å². The Morgan fingerprint density at radius 1 is 1.00 bits per heavy atom. The fourth-order valence-electron chi connectivity index (χ4n) is 2.41. The minimum Gasteiger partial charge on any atom is -0.508 e. The van der Waals surface area contributed by atoms with E-state index in [1.165, 1.54) is 18.2 Å². The summed E-state index contributed by atoms with van der Waals surface area (Å²) in [4.78, 5) is 12.3. The molecule has 2 aromatic carbocycles. The highest BCUT2D eigenvalue weighted by Crippen LogP contribution is 2.37. The molecule has 0 amide bonds. The van der Waals surface area contributed by atoms with Crippen LogP contribution >= 0.6 is 0 Å². The summed E-state index contributed by atoms with van der Waals surface area (Å²) in [5.74, 6) is -2.02. The average molecular weight is 346 g/mol. The van der Waals surface area contributed by atoms with Crippen LogP contribution in [0.4, 0.5) is 0 Å². The number of rotatable bonds is 4. The van der Waals surface area contributed by atoms with Gasteiger partial charge in [-0.25, -0.2) is 0 Å². The third kappa shape index (κ3) is 2.90. The SMILES string of the molecule is O=c1c(O)c(-c2ccc(OCCO)c(O)c2)oc2cc(O)cc(O)c12. The minimum atomic E-state index is -0.881. The highest BCUT2D eigenvalue weighted by Gasteiger charge is 2.19. The number of aliphatic hydroxyl groups excluding tert-OH is 1. The largest absolute Gasteiger partial charge is 0.508 e. The summed E-state index contributed by atoms with van der Waals surface area (Å²) in [6.45, 7) is -0.240. The maximum absolute atomic E-state index is 12.3. The molecule has 8 nitrogen and oxygen atoms in total. The van der Waals surface area contributed by atoms with E-state index in [9.17, 15) is 25.2 Å². The van der Waals surface area contributed by atoms with Gasteiger partial charge in [-0.1, -0.05) is 0 Å². The number of hydrogen-bond donors (Lipinski definition) is 5. The lowest BCUT2D eigenvalue weighted by atomic mass is 10.1. The lowest BCUT2D eigenvalue weighted by Crippen LogP contribution is -2.03. The fraction of sp³-hybridized carbons (Fsp3) is 0.118. The molecule has 25 heavy (non-hydrogen) atoms. The zero-order valence-corrected chi connectivity index (χ0v) is 12.8. The van der Waals surface area contributed by atoms with Crippen molar-refractivity contribution in [2.75, 3.05) is 13.2 Å². The molecule has 0 fully saturated rings. The first-order valence-electron chi connectivity index (χ1n) is 7.21. The minimum absolute atomic E-state index is 0.0121. The number of aliphatic hydroxyl groups is 1. The number of ether oxygens (including phenoxy) is 1. The van der Waals surface area contributed by atoms with Crippen LogP contribution in [0.15, 0.2) is 39.5 Å². The van der Waals surface area contributed by atoms with Crippen molar-refractivity contribution < 1.29 is 34.7 Å². The van der Waals surface area contributed by atoms with Crippen molar-refractivity contribution in [3.63, 3.8) is 0 Å². The lowest BCUT2D eigenvalue weighted by molar-refractivity contribution is 0.197. The Hall–Kier alpha value is -3.39. The summed E-state index contributed by atoms with van der Waals surface area (Å²) < 4.78 is 10.5. The molecule has 1 heterocycles. The van der Waals surface area contributed by atoms with Crippen LogP contribution in [-0.4, -0.2) is 38.7 Å². The monoisotopic (exact) mass is 346 g/mol. The molecule has 8 heteroatoms. The van der Waals surface area contributed by atoms with Gasteiger partial charge in [-0.05, 0) is 18.2 Å². The van der Waals surface area contributed by atoms with Crippen molar-refractivity contribution in [2.24, 2.45) is 0 Å². The molecule has 130 valence electrons. The summed E-state index contributed by atoms with van der Waals surface area (Å²) in [5, 5.41) is 47.8. The molecule has 5 N–H and O–H groups in total. The van der Waals surface area contributed by atoms with Crippen LogP contribution in [0.3, 0.4) is 0 Å². The molecule has 0 radical (unpaired) electrons. The molecule has 0 atom stereocenters. The molecule has 0 unspecified atom stereocenters. The Morgan fingerprint density at radius 3 is 2.44 bits per heavy atom. The molecule has 1 aromatic heterocycles. The summed E-state index contributed by atoms with van der Waals surface area (Å²) in [5.41, 5.74) is -0.836. The number of phenolic OH excluding ortho intramolecular Hbond substituents is 3.